The molecule has 17 heavy (non-hydrogen) atoms. The predicted octanol–water partition coefficient (Wildman–Crippen LogP) is 2.35. The highest BCUT2D eigenvalue weighted by molar-refractivity contribution is 9.10. The molecule has 1 amide bonds. The van der Waals surface area contributed by atoms with Gasteiger partial charge in [-0.25, -0.2) is 4.79 Å². The van der Waals surface area contributed by atoms with E-state index >= 15 is 0 Å². The third kappa shape index (κ3) is 3.85. The lowest BCUT2D eigenvalue weighted by Gasteiger charge is -2.16. The van der Waals surface area contributed by atoms with E-state index in [1.165, 1.54) is 0 Å². The lowest BCUT2D eigenvalue weighted by Crippen LogP contribution is -2.36. The van der Waals surface area contributed by atoms with Crippen LogP contribution in [0.2, 0.25) is 0 Å². The van der Waals surface area contributed by atoms with Gasteiger partial charge in [-0.3, -0.25) is 4.79 Å². The summed E-state index contributed by atoms with van der Waals surface area (Å²) in [5, 5.41) is 11.6. The van der Waals surface area contributed by atoms with Crippen LogP contribution in [0.15, 0.2) is 28.7 Å². The number of rotatable bonds is 4. The molecule has 1 aromatic rings. The molecule has 5 heteroatoms. The maximum Gasteiger partial charge on any atom is 0.330 e. The number of nitrogens with one attached hydrogen (secondary N) is 1. The van der Waals surface area contributed by atoms with Crippen LogP contribution in [-0.4, -0.2) is 17.0 Å². The topological polar surface area (TPSA) is 66.4 Å². The van der Waals surface area contributed by atoms with Gasteiger partial charge in [-0.05, 0) is 17.7 Å². The number of amides is 1. The summed E-state index contributed by atoms with van der Waals surface area (Å²) in [4.78, 5) is 22.7. The summed E-state index contributed by atoms with van der Waals surface area (Å²) in [6, 6.07) is 5.87. The lowest BCUT2D eigenvalue weighted by atomic mass is 10.1. The summed E-state index contributed by atoms with van der Waals surface area (Å²) in [7, 11) is 0. The number of hydrogen-bond acceptors (Lipinski definition) is 2. The predicted molar refractivity (Wildman–Crippen MR) is 67.5 cm³/mol. The average Bonchev–Trinajstić information content (AvgIpc) is 2.24. The molecular formula is C12H14BrNO3. The molecule has 0 aliphatic rings. The highest BCUT2D eigenvalue weighted by atomic mass is 79.9. The Morgan fingerprint density at radius 1 is 1.35 bits per heavy atom. The molecule has 0 aliphatic carbocycles. The molecule has 0 bridgehead atoms. The van der Waals surface area contributed by atoms with Crippen molar-refractivity contribution in [2.24, 2.45) is 5.92 Å². The molecule has 92 valence electrons. The first-order valence-corrected chi connectivity index (χ1v) is 5.99. The third-order valence-electron chi connectivity index (χ3n) is 2.24. The van der Waals surface area contributed by atoms with Gasteiger partial charge in [0.25, 0.3) is 0 Å². The van der Waals surface area contributed by atoms with Gasteiger partial charge in [0.05, 0.1) is 0 Å². The summed E-state index contributed by atoms with van der Waals surface area (Å²) in [5.74, 6) is -1.60. The number of hydrogen-bond donors (Lipinski definition) is 2. The van der Waals surface area contributed by atoms with E-state index in [4.69, 9.17) is 5.11 Å². The monoisotopic (exact) mass is 299 g/mol. The van der Waals surface area contributed by atoms with Crippen molar-refractivity contribution in [3.8, 4) is 0 Å². The standard InChI is InChI=1S/C12H14BrNO3/c1-7(2)11(15)14-10(12(16)17)8-4-3-5-9(13)6-8/h3-7,10H,1-2H3,(H,14,15)(H,16,17). The number of carbonyl (C=O) groups excluding carboxylic acids is 1. The molecule has 0 spiro atoms. The largest absolute Gasteiger partial charge is 0.479 e. The van der Waals surface area contributed by atoms with Gasteiger partial charge in [-0.2, -0.15) is 0 Å². The van der Waals surface area contributed by atoms with E-state index in [0.29, 0.717) is 5.56 Å². The van der Waals surface area contributed by atoms with Gasteiger partial charge >= 0.3 is 5.97 Å². The van der Waals surface area contributed by atoms with E-state index in [1.54, 1.807) is 38.1 Å². The zero-order valence-corrected chi connectivity index (χ0v) is 11.2. The van der Waals surface area contributed by atoms with Gasteiger partial charge < -0.3 is 10.4 Å². The Hall–Kier alpha value is -1.36. The molecule has 4 nitrogen and oxygen atoms in total. The molecule has 1 atom stereocenters. The van der Waals surface area contributed by atoms with Crippen molar-refractivity contribution in [3.05, 3.63) is 34.3 Å². The minimum Gasteiger partial charge on any atom is -0.479 e. The maximum atomic E-state index is 11.5. The van der Waals surface area contributed by atoms with Crippen LogP contribution in [0.3, 0.4) is 0 Å². The number of benzene rings is 1. The highest BCUT2D eigenvalue weighted by Crippen LogP contribution is 2.19. The number of aliphatic carboxylic acids is 1. The second-order valence-corrected chi connectivity index (χ2v) is 4.91. The van der Waals surface area contributed by atoms with Crippen LogP contribution in [0.5, 0.6) is 0 Å². The Labute approximate surface area is 108 Å². The molecule has 2 N–H and O–H groups in total. The van der Waals surface area contributed by atoms with Crippen molar-refractivity contribution in [2.45, 2.75) is 19.9 Å². The number of halogens is 1. The van der Waals surface area contributed by atoms with Crippen LogP contribution in [0.4, 0.5) is 0 Å². The van der Waals surface area contributed by atoms with E-state index in [2.05, 4.69) is 21.2 Å². The lowest BCUT2D eigenvalue weighted by molar-refractivity contribution is -0.142. The normalized spacial score (nSPS) is 12.2. The van der Waals surface area contributed by atoms with Crippen LogP contribution in [0.25, 0.3) is 0 Å². The van der Waals surface area contributed by atoms with E-state index < -0.39 is 12.0 Å². The average molecular weight is 300 g/mol. The third-order valence-corrected chi connectivity index (χ3v) is 2.73. The quantitative estimate of drug-likeness (QED) is 0.897. The molecule has 0 aliphatic heterocycles. The van der Waals surface area contributed by atoms with Gasteiger partial charge in [-0.1, -0.05) is 41.9 Å². The van der Waals surface area contributed by atoms with E-state index in [0.717, 1.165) is 4.47 Å². The van der Waals surface area contributed by atoms with Crippen LogP contribution < -0.4 is 5.32 Å². The van der Waals surface area contributed by atoms with Crippen LogP contribution in [0, 0.1) is 5.92 Å². The van der Waals surface area contributed by atoms with Gasteiger partial charge in [0, 0.05) is 10.4 Å². The second-order valence-electron chi connectivity index (χ2n) is 3.99. The van der Waals surface area contributed by atoms with Crippen molar-refractivity contribution >= 4 is 27.8 Å². The molecule has 0 aromatic heterocycles. The van der Waals surface area contributed by atoms with E-state index in [1.807, 2.05) is 0 Å². The van der Waals surface area contributed by atoms with Crippen LogP contribution in [0.1, 0.15) is 25.5 Å². The fourth-order valence-electron chi connectivity index (χ4n) is 1.28. The van der Waals surface area contributed by atoms with Gasteiger partial charge in [0.2, 0.25) is 5.91 Å². The maximum absolute atomic E-state index is 11.5. The fraction of sp³-hybridized carbons (Fsp3) is 0.333. The Morgan fingerprint density at radius 2 is 2.00 bits per heavy atom. The Morgan fingerprint density at radius 3 is 2.47 bits per heavy atom. The molecule has 0 heterocycles. The molecule has 1 unspecified atom stereocenters. The van der Waals surface area contributed by atoms with Crippen molar-refractivity contribution in [1.29, 1.82) is 0 Å². The Balaban J connectivity index is 2.94. The van der Waals surface area contributed by atoms with E-state index in [9.17, 15) is 9.59 Å². The molecular weight excluding hydrogens is 286 g/mol. The first-order chi connectivity index (χ1) is 7.91. The van der Waals surface area contributed by atoms with Crippen molar-refractivity contribution in [1.82, 2.24) is 5.32 Å². The van der Waals surface area contributed by atoms with Crippen molar-refractivity contribution in [2.75, 3.05) is 0 Å². The van der Waals surface area contributed by atoms with Gasteiger partial charge in [0.1, 0.15) is 0 Å². The Bertz CT molecular complexity index is 432. The van der Waals surface area contributed by atoms with Crippen molar-refractivity contribution in [3.63, 3.8) is 0 Å². The summed E-state index contributed by atoms with van der Waals surface area (Å²) >= 11 is 3.27. The van der Waals surface area contributed by atoms with Gasteiger partial charge in [-0.15, -0.1) is 0 Å². The Kier molecular flexibility index (Phi) is 4.69. The first kappa shape index (κ1) is 13.7. The first-order valence-electron chi connectivity index (χ1n) is 5.20. The molecule has 1 aromatic carbocycles. The minimum absolute atomic E-state index is 0.246. The molecule has 0 fully saturated rings. The number of carbonyl (C=O) groups is 2. The number of carboxylic acids is 1. The molecule has 0 saturated heterocycles. The van der Waals surface area contributed by atoms with Crippen LogP contribution in [-0.2, 0) is 9.59 Å². The summed E-state index contributed by atoms with van der Waals surface area (Å²) < 4.78 is 0.778. The zero-order valence-electron chi connectivity index (χ0n) is 9.61. The zero-order chi connectivity index (χ0) is 13.0. The van der Waals surface area contributed by atoms with Gasteiger partial charge in [0.15, 0.2) is 6.04 Å². The number of carboxylic acid groups (broad SMARTS) is 1. The van der Waals surface area contributed by atoms with Crippen molar-refractivity contribution < 1.29 is 14.7 Å². The van der Waals surface area contributed by atoms with Crippen LogP contribution >= 0.6 is 15.9 Å². The molecule has 0 radical (unpaired) electrons. The highest BCUT2D eigenvalue weighted by Gasteiger charge is 2.23. The smallest absolute Gasteiger partial charge is 0.330 e. The van der Waals surface area contributed by atoms with E-state index in [-0.39, 0.29) is 11.8 Å². The summed E-state index contributed by atoms with van der Waals surface area (Å²) in [6.45, 7) is 3.43. The molecule has 0 saturated carbocycles. The second kappa shape index (κ2) is 5.82. The molecule has 1 rings (SSSR count). The SMILES string of the molecule is CC(C)C(=O)NC(C(=O)O)c1cccc(Br)c1. The summed E-state index contributed by atoms with van der Waals surface area (Å²) in [6.07, 6.45) is 0. The fourth-order valence-corrected chi connectivity index (χ4v) is 1.70. The minimum atomic E-state index is -1.07. The summed E-state index contributed by atoms with van der Waals surface area (Å²) in [5.41, 5.74) is 0.542.